The number of likely N-dealkylation sites (N-methyl/N-ethyl adjacent to an activating group) is 1. The fraction of sp³-hybridized carbons (Fsp3) is 0.368. The van der Waals surface area contributed by atoms with Crippen molar-refractivity contribution in [1.29, 1.82) is 5.41 Å². The number of esters is 1. The molecule has 0 aliphatic heterocycles. The van der Waals surface area contributed by atoms with E-state index in [2.05, 4.69) is 14.7 Å². The Morgan fingerprint density at radius 2 is 2.00 bits per heavy atom. The highest BCUT2D eigenvalue weighted by Gasteiger charge is 2.38. The predicted molar refractivity (Wildman–Crippen MR) is 123 cm³/mol. The highest BCUT2D eigenvalue weighted by molar-refractivity contribution is 7.90. The van der Waals surface area contributed by atoms with Gasteiger partial charge in [0.1, 0.15) is 23.9 Å². The number of nitrogens with one attached hydrogen (secondary N) is 2. The van der Waals surface area contributed by atoms with E-state index in [9.17, 15) is 26.4 Å². The van der Waals surface area contributed by atoms with Crippen LogP contribution in [0.1, 0.15) is 5.82 Å². The molecule has 0 bridgehead atoms. The van der Waals surface area contributed by atoms with Gasteiger partial charge in [-0.15, -0.1) is 0 Å². The summed E-state index contributed by atoms with van der Waals surface area (Å²) in [5, 5.41) is 8.93. The summed E-state index contributed by atoms with van der Waals surface area (Å²) < 4.78 is 71.8. The van der Waals surface area contributed by atoms with Gasteiger partial charge >= 0.3 is 12.1 Å². The second kappa shape index (κ2) is 11.3. The van der Waals surface area contributed by atoms with Gasteiger partial charge in [0.15, 0.2) is 21.4 Å². The zero-order valence-corrected chi connectivity index (χ0v) is 20.6. The van der Waals surface area contributed by atoms with Gasteiger partial charge in [-0.05, 0) is 37.8 Å². The summed E-state index contributed by atoms with van der Waals surface area (Å²) in [6, 6.07) is 5.77. The average Bonchev–Trinajstić information content (AvgIpc) is 3.21. The molecule has 0 atom stereocenters. The molecule has 34 heavy (non-hydrogen) atoms. The molecular weight excluding hydrogens is 519 g/mol. The summed E-state index contributed by atoms with van der Waals surface area (Å²) in [6.45, 7) is -0.0475. The van der Waals surface area contributed by atoms with Crippen molar-refractivity contribution >= 4 is 50.3 Å². The summed E-state index contributed by atoms with van der Waals surface area (Å²) in [7, 11) is 0.0317. The monoisotopic (exact) mass is 539 g/mol. The first-order valence-corrected chi connectivity index (χ1v) is 12.5. The second-order valence-electron chi connectivity index (χ2n) is 7.16. The Balaban J connectivity index is 2.37. The Hall–Kier alpha value is -2.55. The highest BCUT2D eigenvalue weighted by Crippen LogP contribution is 2.30. The molecule has 186 valence electrons. The van der Waals surface area contributed by atoms with Gasteiger partial charge in [-0.2, -0.15) is 17.5 Å². The van der Waals surface area contributed by atoms with Gasteiger partial charge in [0, 0.05) is 18.4 Å². The van der Waals surface area contributed by atoms with Crippen LogP contribution >= 0.6 is 23.1 Å². The molecule has 2 rings (SSSR count). The SMILES string of the molecule is CN(C)CCOC(=O)CN/C(=C(/Cl)C(=N)C(F)(F)F)c1nsc(-c2cccc(S(C)(=O)=O)c2)n1. The van der Waals surface area contributed by atoms with Gasteiger partial charge in [0.05, 0.1) is 9.93 Å². The molecule has 0 fully saturated rings. The molecule has 1 heterocycles. The summed E-state index contributed by atoms with van der Waals surface area (Å²) >= 11 is 6.62. The molecule has 15 heteroatoms. The molecule has 0 aliphatic rings. The van der Waals surface area contributed by atoms with Crippen LogP contribution in [-0.2, 0) is 19.4 Å². The minimum atomic E-state index is -5.06. The van der Waals surface area contributed by atoms with Crippen LogP contribution in [0, 0.1) is 5.41 Å². The maximum absolute atomic E-state index is 13.1. The normalized spacial score (nSPS) is 12.9. The van der Waals surface area contributed by atoms with Gasteiger partial charge in [-0.3, -0.25) is 10.2 Å². The van der Waals surface area contributed by atoms with Crippen LogP contribution < -0.4 is 5.32 Å². The largest absolute Gasteiger partial charge is 0.463 e. The Morgan fingerprint density at radius 3 is 2.59 bits per heavy atom. The predicted octanol–water partition coefficient (Wildman–Crippen LogP) is 2.79. The quantitative estimate of drug-likeness (QED) is 0.349. The number of alkyl halides is 3. The summed E-state index contributed by atoms with van der Waals surface area (Å²) in [4.78, 5) is 17.9. The molecule has 0 aliphatic carbocycles. The molecule has 2 N–H and O–H groups in total. The number of carbonyl (C=O) groups excluding carboxylic acids is 1. The average molecular weight is 540 g/mol. The van der Waals surface area contributed by atoms with E-state index in [1.54, 1.807) is 25.1 Å². The minimum absolute atomic E-state index is 0.0213. The molecule has 1 aromatic heterocycles. The maximum Gasteiger partial charge on any atom is 0.434 e. The van der Waals surface area contributed by atoms with Crippen LogP contribution in [0.5, 0.6) is 0 Å². The Labute approximate surface area is 203 Å². The molecule has 1 aromatic carbocycles. The molecule has 9 nitrogen and oxygen atoms in total. The lowest BCUT2D eigenvalue weighted by molar-refractivity contribution is -0.142. The van der Waals surface area contributed by atoms with Crippen LogP contribution in [0.3, 0.4) is 0 Å². The number of aromatic nitrogens is 2. The minimum Gasteiger partial charge on any atom is -0.463 e. The third-order valence-electron chi connectivity index (χ3n) is 4.09. The number of rotatable bonds is 10. The molecule has 2 aromatic rings. The van der Waals surface area contributed by atoms with E-state index in [0.717, 1.165) is 17.8 Å². The van der Waals surface area contributed by atoms with Gasteiger partial charge in [-0.25, -0.2) is 13.4 Å². The Morgan fingerprint density at radius 1 is 1.32 bits per heavy atom. The van der Waals surface area contributed by atoms with Crippen LogP contribution in [0.25, 0.3) is 16.3 Å². The number of halogens is 4. The smallest absolute Gasteiger partial charge is 0.434 e. The number of hydrogen-bond acceptors (Lipinski definition) is 10. The van der Waals surface area contributed by atoms with Crippen LogP contribution in [0.4, 0.5) is 13.2 Å². The standard InChI is InChI=1S/C19H21ClF3N5O4S2/c1-28(2)7-8-32-13(29)10-25-15(14(20)16(24)19(21,22)23)17-26-18(33-27-17)11-5-4-6-12(9-11)34(3,30)31/h4-6,9,24-25H,7-8,10H2,1-3H3/b15-14+,24-16?. The number of carbonyl (C=O) groups is 1. The number of allylic oxidation sites excluding steroid dienone is 1. The topological polar surface area (TPSA) is 125 Å². The summed E-state index contributed by atoms with van der Waals surface area (Å²) in [5.74, 6) is -1.07. The van der Waals surface area contributed by atoms with E-state index in [0.29, 0.717) is 12.1 Å². The van der Waals surface area contributed by atoms with Crippen LogP contribution in [0.2, 0.25) is 0 Å². The Kier molecular flexibility index (Phi) is 9.16. The first kappa shape index (κ1) is 27.7. The third-order valence-corrected chi connectivity index (χ3v) is 6.34. The lowest BCUT2D eigenvalue weighted by Crippen LogP contribution is -2.30. The highest BCUT2D eigenvalue weighted by atomic mass is 35.5. The van der Waals surface area contributed by atoms with Gasteiger partial charge < -0.3 is 15.0 Å². The zero-order valence-electron chi connectivity index (χ0n) is 18.2. The van der Waals surface area contributed by atoms with Crippen LogP contribution in [-0.4, -0.2) is 80.6 Å². The third kappa shape index (κ3) is 7.75. The number of sulfone groups is 1. The molecule has 0 amide bonds. The Bertz CT molecular complexity index is 1200. The fourth-order valence-corrected chi connectivity index (χ4v) is 3.95. The summed E-state index contributed by atoms with van der Waals surface area (Å²) in [5.41, 5.74) is -1.99. The van der Waals surface area contributed by atoms with Crippen LogP contribution in [0.15, 0.2) is 34.2 Å². The molecule has 0 radical (unpaired) electrons. The second-order valence-corrected chi connectivity index (χ2v) is 10.3. The lowest BCUT2D eigenvalue weighted by atomic mass is 10.2. The van der Waals surface area contributed by atoms with Gasteiger partial charge in [-0.1, -0.05) is 23.7 Å². The molecule has 0 spiro atoms. The van der Waals surface area contributed by atoms with Gasteiger partial charge in [0.25, 0.3) is 0 Å². The molecule has 0 saturated carbocycles. The van der Waals surface area contributed by atoms with E-state index in [1.165, 1.54) is 18.2 Å². The first-order chi connectivity index (χ1) is 15.7. The number of ether oxygens (including phenoxy) is 1. The van der Waals surface area contributed by atoms with E-state index in [1.807, 2.05) is 0 Å². The van der Waals surface area contributed by atoms with Crippen molar-refractivity contribution in [3.05, 3.63) is 35.1 Å². The number of benzene rings is 1. The molecular formula is C19H21ClF3N5O4S2. The summed E-state index contributed by atoms with van der Waals surface area (Å²) in [6.07, 6.45) is -4.03. The van der Waals surface area contributed by atoms with Crippen molar-refractivity contribution in [2.24, 2.45) is 0 Å². The van der Waals surface area contributed by atoms with Gasteiger partial charge in [0.2, 0.25) is 0 Å². The van der Waals surface area contributed by atoms with Crippen molar-refractivity contribution < 1.29 is 31.1 Å². The molecule has 0 unspecified atom stereocenters. The van der Waals surface area contributed by atoms with Crippen molar-refractivity contribution in [3.63, 3.8) is 0 Å². The van der Waals surface area contributed by atoms with Crippen molar-refractivity contribution in [2.45, 2.75) is 11.1 Å². The van der Waals surface area contributed by atoms with Crippen molar-refractivity contribution in [1.82, 2.24) is 19.6 Å². The lowest BCUT2D eigenvalue weighted by Gasteiger charge is -2.14. The van der Waals surface area contributed by atoms with E-state index < -0.39 is 45.0 Å². The molecule has 0 saturated heterocycles. The van der Waals surface area contributed by atoms with E-state index >= 15 is 0 Å². The van der Waals surface area contributed by atoms with Crippen molar-refractivity contribution in [3.8, 4) is 10.6 Å². The number of hydrogen-bond donors (Lipinski definition) is 2. The maximum atomic E-state index is 13.1. The first-order valence-electron chi connectivity index (χ1n) is 9.45. The van der Waals surface area contributed by atoms with E-state index in [-0.39, 0.29) is 22.3 Å². The number of nitrogens with zero attached hydrogens (tertiary/aromatic N) is 3. The zero-order chi connectivity index (χ0) is 25.7. The van der Waals surface area contributed by atoms with Crippen molar-refractivity contribution in [2.75, 3.05) is 40.0 Å². The van der Waals surface area contributed by atoms with E-state index in [4.69, 9.17) is 21.7 Å². The fourth-order valence-electron chi connectivity index (χ4n) is 2.36.